The first-order chi connectivity index (χ1) is 8.79. The number of rotatable bonds is 7. The van der Waals surface area contributed by atoms with Crippen molar-refractivity contribution < 1.29 is 21.6 Å². The van der Waals surface area contributed by atoms with Crippen LogP contribution in [0.4, 0.5) is 0 Å². The molecule has 0 aromatic heterocycles. The fraction of sp³-hybridized carbons (Fsp3) is 0.833. The van der Waals surface area contributed by atoms with Crippen LogP contribution in [0, 0.1) is 0 Å². The summed E-state index contributed by atoms with van der Waals surface area (Å²) in [7, 11) is -5.57. The summed E-state index contributed by atoms with van der Waals surface area (Å²) in [6.07, 6.45) is 1.98. The van der Waals surface area contributed by atoms with Crippen molar-refractivity contribution in [2.75, 3.05) is 23.0 Å². The molecule has 1 aliphatic rings. The predicted molar refractivity (Wildman–Crippen MR) is 76.9 cm³/mol. The number of carbonyl (C=O) groups is 2. The molecule has 112 valence electrons. The highest BCUT2D eigenvalue weighted by Crippen LogP contribution is 2.54. The molecule has 19 heavy (non-hydrogen) atoms. The van der Waals surface area contributed by atoms with E-state index >= 15 is 0 Å². The van der Waals surface area contributed by atoms with Gasteiger partial charge in [-0.1, -0.05) is 13.3 Å². The summed E-state index contributed by atoms with van der Waals surface area (Å²) in [6.45, 7) is 3.35. The zero-order chi connectivity index (χ0) is 14.5. The molecule has 0 atom stereocenters. The molecule has 0 aliphatic carbocycles. The van der Waals surface area contributed by atoms with E-state index in [2.05, 4.69) is 0 Å². The van der Waals surface area contributed by atoms with Crippen molar-refractivity contribution in [1.82, 2.24) is 0 Å². The van der Waals surface area contributed by atoms with Crippen LogP contribution in [0.2, 0.25) is 0 Å². The van der Waals surface area contributed by atoms with E-state index in [0.29, 0.717) is 30.8 Å². The van der Waals surface area contributed by atoms with Gasteiger partial charge in [0.1, 0.15) is 11.6 Å². The van der Waals surface area contributed by atoms with Gasteiger partial charge in [0.2, 0.25) is 0 Å². The minimum atomic E-state index is -3.59. The van der Waals surface area contributed by atoms with Gasteiger partial charge < -0.3 is 0 Å². The van der Waals surface area contributed by atoms with Gasteiger partial charge in [0.25, 0.3) is 10.1 Å². The number of Topliss-reactive ketones (excluding diaryl/α,β-unsaturated/α-hetero) is 2. The molecule has 0 N–H and O–H groups in total. The van der Waals surface area contributed by atoms with Crippen LogP contribution in [0.25, 0.3) is 0 Å². The number of unbranched alkanes of at least 4 members (excludes halogenated alkanes) is 1. The second kappa shape index (κ2) is 6.85. The van der Waals surface area contributed by atoms with Gasteiger partial charge in [-0.3, -0.25) is 9.59 Å². The molecule has 7 heteroatoms. The Hall–Kier alpha value is -0.400. The normalized spacial score (nSPS) is 21.1. The molecule has 1 fully saturated rings. The van der Waals surface area contributed by atoms with Gasteiger partial charge >= 0.3 is 0 Å². The number of ketones is 2. The lowest BCUT2D eigenvalue weighted by molar-refractivity contribution is -0.118. The van der Waals surface area contributed by atoms with Crippen molar-refractivity contribution in [2.45, 2.75) is 39.5 Å². The van der Waals surface area contributed by atoms with E-state index < -0.39 is 20.4 Å². The molecule has 0 amide bonds. The standard InChI is InChI=1S/C12H22O5S2/c1-3-4-7-19(15,16)17-18(10-11(2)13)8-5-12(14)6-9-18/h3-10H2,1-2H3. The van der Waals surface area contributed by atoms with Gasteiger partial charge in [0.05, 0.1) is 11.5 Å². The van der Waals surface area contributed by atoms with E-state index in [4.69, 9.17) is 3.63 Å². The van der Waals surface area contributed by atoms with E-state index in [1.807, 2.05) is 6.92 Å². The Morgan fingerprint density at radius 2 is 1.89 bits per heavy atom. The second-order valence-corrected chi connectivity index (χ2v) is 10.0. The molecular weight excluding hydrogens is 288 g/mol. The van der Waals surface area contributed by atoms with Crippen LogP contribution in [0.1, 0.15) is 39.5 Å². The maximum absolute atomic E-state index is 11.9. The van der Waals surface area contributed by atoms with Crippen LogP contribution in [0.15, 0.2) is 0 Å². The molecule has 1 aliphatic heterocycles. The molecule has 0 bridgehead atoms. The first kappa shape index (κ1) is 16.7. The quantitative estimate of drug-likeness (QED) is 0.716. The van der Waals surface area contributed by atoms with Crippen molar-refractivity contribution in [2.24, 2.45) is 0 Å². The molecule has 1 rings (SSSR count). The van der Waals surface area contributed by atoms with Crippen LogP contribution in [0.5, 0.6) is 0 Å². The van der Waals surface area contributed by atoms with E-state index in [-0.39, 0.29) is 23.1 Å². The third-order valence-electron chi connectivity index (χ3n) is 2.97. The number of hydrogen-bond acceptors (Lipinski definition) is 5. The zero-order valence-electron chi connectivity index (χ0n) is 11.5. The predicted octanol–water partition coefficient (Wildman–Crippen LogP) is 1.80. The van der Waals surface area contributed by atoms with E-state index in [1.165, 1.54) is 6.92 Å². The highest BCUT2D eigenvalue weighted by atomic mass is 32.3. The molecule has 0 saturated carbocycles. The van der Waals surface area contributed by atoms with Gasteiger partial charge in [-0.25, -0.2) is 3.63 Å². The summed E-state index contributed by atoms with van der Waals surface area (Å²) in [6, 6.07) is 0. The molecule has 0 aromatic rings. The Bertz CT molecular complexity index is 431. The lowest BCUT2D eigenvalue weighted by Gasteiger charge is -2.40. The fourth-order valence-electron chi connectivity index (χ4n) is 2.01. The Morgan fingerprint density at radius 3 is 2.37 bits per heavy atom. The SMILES string of the molecule is CCCCS(=O)(=O)OS1(CC(C)=O)CCC(=O)CC1. The van der Waals surface area contributed by atoms with Crippen molar-refractivity contribution >= 4 is 32.0 Å². The van der Waals surface area contributed by atoms with Crippen molar-refractivity contribution in [1.29, 1.82) is 0 Å². The smallest absolute Gasteiger partial charge is 0.276 e. The molecule has 5 nitrogen and oxygen atoms in total. The van der Waals surface area contributed by atoms with Gasteiger partial charge in [-0.2, -0.15) is 8.42 Å². The van der Waals surface area contributed by atoms with Crippen LogP contribution in [-0.4, -0.2) is 43.0 Å². The lowest BCUT2D eigenvalue weighted by Crippen LogP contribution is -2.30. The maximum Gasteiger partial charge on any atom is 0.276 e. The van der Waals surface area contributed by atoms with E-state index in [1.54, 1.807) is 0 Å². The minimum absolute atomic E-state index is 0.00982. The molecule has 0 radical (unpaired) electrons. The highest BCUT2D eigenvalue weighted by molar-refractivity contribution is 8.33. The van der Waals surface area contributed by atoms with Crippen LogP contribution in [0.3, 0.4) is 0 Å². The van der Waals surface area contributed by atoms with Crippen LogP contribution in [-0.2, 0) is 23.3 Å². The highest BCUT2D eigenvalue weighted by Gasteiger charge is 2.36. The van der Waals surface area contributed by atoms with Crippen molar-refractivity contribution in [3.05, 3.63) is 0 Å². The summed E-state index contributed by atoms with van der Waals surface area (Å²) in [5.41, 5.74) is 0. The average Bonchev–Trinajstić information content (AvgIpc) is 2.29. The fourth-order valence-corrected chi connectivity index (χ4v) is 7.85. The van der Waals surface area contributed by atoms with Crippen molar-refractivity contribution in [3.8, 4) is 0 Å². The summed E-state index contributed by atoms with van der Waals surface area (Å²) >= 11 is 0. The monoisotopic (exact) mass is 310 g/mol. The van der Waals surface area contributed by atoms with Gasteiger partial charge in [-0.15, -0.1) is 10.3 Å². The largest absolute Gasteiger partial charge is 0.300 e. The van der Waals surface area contributed by atoms with Gasteiger partial charge in [0.15, 0.2) is 0 Å². The Labute approximate surface area is 116 Å². The van der Waals surface area contributed by atoms with Crippen molar-refractivity contribution in [3.63, 3.8) is 0 Å². The molecule has 0 spiro atoms. The van der Waals surface area contributed by atoms with Crippen LogP contribution < -0.4 is 0 Å². The second-order valence-electron chi connectivity index (χ2n) is 4.94. The number of carbonyl (C=O) groups excluding carboxylic acids is 2. The molecule has 1 saturated heterocycles. The topological polar surface area (TPSA) is 77.5 Å². The summed E-state index contributed by atoms with van der Waals surface area (Å²) < 4.78 is 29.3. The lowest BCUT2D eigenvalue weighted by atomic mass is 10.2. The molecule has 0 unspecified atom stereocenters. The number of hydrogen-bond donors (Lipinski definition) is 0. The Balaban J connectivity index is 2.80. The van der Waals surface area contributed by atoms with E-state index in [0.717, 1.165) is 6.42 Å². The average molecular weight is 310 g/mol. The molecule has 0 aromatic carbocycles. The molecule has 1 heterocycles. The third kappa shape index (κ3) is 5.62. The molecular formula is C12H22O5S2. The zero-order valence-corrected chi connectivity index (χ0v) is 13.1. The first-order valence-corrected chi connectivity index (χ1v) is 10.1. The summed E-state index contributed by atoms with van der Waals surface area (Å²) in [5.74, 6) is 0.986. The minimum Gasteiger partial charge on any atom is -0.300 e. The first-order valence-electron chi connectivity index (χ1n) is 6.50. The third-order valence-corrected chi connectivity index (χ3v) is 8.57. The van der Waals surface area contributed by atoms with Crippen LogP contribution >= 0.6 is 10.3 Å². The van der Waals surface area contributed by atoms with Gasteiger partial charge in [0, 0.05) is 24.3 Å². The van der Waals surface area contributed by atoms with E-state index in [9.17, 15) is 18.0 Å². The van der Waals surface area contributed by atoms with Gasteiger partial charge in [-0.05, 0) is 13.3 Å². The Morgan fingerprint density at radius 1 is 1.32 bits per heavy atom. The summed E-state index contributed by atoms with van der Waals surface area (Å²) in [4.78, 5) is 22.7. The Kier molecular flexibility index (Phi) is 6.01. The summed E-state index contributed by atoms with van der Waals surface area (Å²) in [5, 5.41) is 0. The maximum atomic E-state index is 11.9.